The van der Waals surface area contributed by atoms with Crippen molar-refractivity contribution in [3.63, 3.8) is 0 Å². The first kappa shape index (κ1) is 19.6. The Balaban J connectivity index is 1.39. The van der Waals surface area contributed by atoms with Gasteiger partial charge in [-0.25, -0.2) is 4.98 Å². The lowest BCUT2D eigenvalue weighted by Gasteiger charge is -2.12. The van der Waals surface area contributed by atoms with E-state index in [1.807, 2.05) is 6.07 Å². The summed E-state index contributed by atoms with van der Waals surface area (Å²) in [7, 11) is 0. The highest BCUT2D eigenvalue weighted by Gasteiger charge is 2.36. The second kappa shape index (κ2) is 7.94. The second-order valence-electron chi connectivity index (χ2n) is 6.35. The van der Waals surface area contributed by atoms with Crippen LogP contribution in [-0.2, 0) is 11.2 Å². The number of aromatic nitrogens is 1. The molecule has 0 aliphatic carbocycles. The van der Waals surface area contributed by atoms with Crippen LogP contribution in [0, 0.1) is 0 Å². The largest absolute Gasteiger partial charge is 0.300 e. The van der Waals surface area contributed by atoms with Crippen molar-refractivity contribution in [2.75, 3.05) is 11.9 Å². The van der Waals surface area contributed by atoms with E-state index in [0.717, 1.165) is 15.3 Å². The molecule has 1 N–H and O–H groups in total. The van der Waals surface area contributed by atoms with Gasteiger partial charge >= 0.3 is 0 Å². The van der Waals surface area contributed by atoms with Gasteiger partial charge in [0, 0.05) is 17.5 Å². The van der Waals surface area contributed by atoms with Crippen LogP contribution in [0.3, 0.4) is 0 Å². The van der Waals surface area contributed by atoms with Gasteiger partial charge in [0.25, 0.3) is 11.8 Å². The van der Waals surface area contributed by atoms with Gasteiger partial charge in [-0.1, -0.05) is 41.4 Å². The minimum absolute atomic E-state index is 0.309. The van der Waals surface area contributed by atoms with Gasteiger partial charge in [0.1, 0.15) is 6.54 Å². The van der Waals surface area contributed by atoms with E-state index in [0.29, 0.717) is 32.7 Å². The minimum Gasteiger partial charge on any atom is -0.300 e. The number of carbonyl (C=O) groups excluding carboxylic acids is 3. The Morgan fingerprint density at radius 3 is 2.38 bits per heavy atom. The summed E-state index contributed by atoms with van der Waals surface area (Å²) in [6.45, 7) is -0.367. The molecule has 0 fully saturated rings. The average Bonchev–Trinajstić information content (AvgIpc) is 3.23. The average molecular weight is 446 g/mol. The highest BCUT2D eigenvalue weighted by atomic mass is 35.5. The van der Waals surface area contributed by atoms with Gasteiger partial charge in [0.2, 0.25) is 5.91 Å². The number of benzene rings is 2. The predicted octanol–water partition coefficient (Wildman–Crippen LogP) is 4.28. The summed E-state index contributed by atoms with van der Waals surface area (Å²) in [5, 5.41) is 3.99. The molecule has 3 amide bonds. The molecular formula is C20H13Cl2N3O3S. The number of hydrogen-bond donors (Lipinski definition) is 1. The van der Waals surface area contributed by atoms with E-state index in [4.69, 9.17) is 23.2 Å². The Bertz CT molecular complexity index is 1110. The van der Waals surface area contributed by atoms with Gasteiger partial charge in [0.05, 0.1) is 21.2 Å². The summed E-state index contributed by atoms with van der Waals surface area (Å²) in [6.07, 6.45) is 2.24. The van der Waals surface area contributed by atoms with Crippen LogP contribution in [0.2, 0.25) is 10.0 Å². The lowest BCUT2D eigenvalue weighted by molar-refractivity contribution is -0.116. The Morgan fingerprint density at radius 2 is 1.72 bits per heavy atom. The summed E-state index contributed by atoms with van der Waals surface area (Å²) in [4.78, 5) is 43.1. The fourth-order valence-electron chi connectivity index (χ4n) is 2.98. The molecule has 0 saturated carbocycles. The van der Waals surface area contributed by atoms with Crippen molar-refractivity contribution in [3.8, 4) is 0 Å². The molecule has 4 rings (SSSR count). The molecule has 2 heterocycles. The molecule has 0 atom stereocenters. The number of rotatable bonds is 5. The number of nitrogens with one attached hydrogen (secondary N) is 1. The summed E-state index contributed by atoms with van der Waals surface area (Å²) in [5.41, 5.74) is 1.58. The molecule has 9 heteroatoms. The van der Waals surface area contributed by atoms with Gasteiger partial charge in [-0.2, -0.15) is 0 Å². The molecule has 0 radical (unpaired) electrons. The van der Waals surface area contributed by atoms with Crippen LogP contribution >= 0.6 is 34.5 Å². The van der Waals surface area contributed by atoms with E-state index in [1.54, 1.807) is 42.6 Å². The molecule has 2 aromatic carbocycles. The number of imide groups is 1. The molecule has 0 unspecified atom stereocenters. The zero-order chi connectivity index (χ0) is 20.5. The number of halogens is 2. The monoisotopic (exact) mass is 445 g/mol. The van der Waals surface area contributed by atoms with E-state index < -0.39 is 17.7 Å². The minimum atomic E-state index is -0.491. The van der Waals surface area contributed by atoms with Crippen molar-refractivity contribution in [1.29, 1.82) is 0 Å². The highest BCUT2D eigenvalue weighted by molar-refractivity contribution is 7.15. The van der Waals surface area contributed by atoms with Crippen LogP contribution < -0.4 is 5.32 Å². The number of nitrogens with zero attached hydrogens (tertiary/aromatic N) is 2. The van der Waals surface area contributed by atoms with Gasteiger partial charge in [-0.15, -0.1) is 11.3 Å². The molecule has 3 aromatic rings. The van der Waals surface area contributed by atoms with Crippen molar-refractivity contribution in [2.24, 2.45) is 0 Å². The number of amides is 3. The standard InChI is InChI=1S/C20H13Cl2N3O3S/c21-15-6-5-11(8-16(15)22)7-12-9-23-20(29-12)24-17(26)10-25-18(27)13-3-1-2-4-14(13)19(25)28/h1-6,8-9H,7,10H2,(H,23,24,26). The summed E-state index contributed by atoms with van der Waals surface area (Å²) >= 11 is 13.3. The van der Waals surface area contributed by atoms with Crippen LogP contribution in [0.5, 0.6) is 0 Å². The van der Waals surface area contributed by atoms with Crippen molar-refractivity contribution in [3.05, 3.63) is 80.3 Å². The van der Waals surface area contributed by atoms with Crippen LogP contribution in [-0.4, -0.2) is 34.2 Å². The third-order valence-electron chi connectivity index (χ3n) is 4.34. The number of thiazole rings is 1. The lowest BCUT2D eigenvalue weighted by Crippen LogP contribution is -2.37. The Kier molecular flexibility index (Phi) is 5.36. The third kappa shape index (κ3) is 4.03. The number of anilines is 1. The lowest BCUT2D eigenvalue weighted by atomic mass is 10.1. The smallest absolute Gasteiger partial charge is 0.262 e. The van der Waals surface area contributed by atoms with Crippen molar-refractivity contribution in [2.45, 2.75) is 6.42 Å². The van der Waals surface area contributed by atoms with Gasteiger partial charge in [-0.3, -0.25) is 19.3 Å². The topological polar surface area (TPSA) is 79.4 Å². The van der Waals surface area contributed by atoms with E-state index in [-0.39, 0.29) is 6.54 Å². The van der Waals surface area contributed by atoms with E-state index in [2.05, 4.69) is 10.3 Å². The van der Waals surface area contributed by atoms with Crippen LogP contribution in [0.15, 0.2) is 48.7 Å². The SMILES string of the molecule is O=C(CN1C(=O)c2ccccc2C1=O)Nc1ncc(Cc2ccc(Cl)c(Cl)c2)s1. The summed E-state index contributed by atoms with van der Waals surface area (Å²) < 4.78 is 0. The van der Waals surface area contributed by atoms with E-state index in [9.17, 15) is 14.4 Å². The van der Waals surface area contributed by atoms with Crippen LogP contribution in [0.1, 0.15) is 31.2 Å². The molecule has 1 aliphatic heterocycles. The van der Waals surface area contributed by atoms with E-state index >= 15 is 0 Å². The molecule has 0 spiro atoms. The summed E-state index contributed by atoms with van der Waals surface area (Å²) in [6, 6.07) is 11.9. The number of carbonyl (C=O) groups is 3. The molecule has 0 bridgehead atoms. The van der Waals surface area contributed by atoms with E-state index in [1.165, 1.54) is 11.3 Å². The zero-order valence-electron chi connectivity index (χ0n) is 14.8. The maximum atomic E-state index is 12.3. The van der Waals surface area contributed by atoms with Gasteiger partial charge in [-0.05, 0) is 29.8 Å². The first-order chi connectivity index (χ1) is 13.9. The number of fused-ring (bicyclic) bond motifs is 1. The molecule has 1 aliphatic rings. The maximum absolute atomic E-state index is 12.3. The molecule has 0 saturated heterocycles. The Morgan fingerprint density at radius 1 is 1.03 bits per heavy atom. The second-order valence-corrected chi connectivity index (χ2v) is 8.28. The predicted molar refractivity (Wildman–Crippen MR) is 112 cm³/mol. The van der Waals surface area contributed by atoms with Gasteiger partial charge < -0.3 is 5.32 Å². The van der Waals surface area contributed by atoms with Crippen LogP contribution in [0.25, 0.3) is 0 Å². The zero-order valence-corrected chi connectivity index (χ0v) is 17.1. The molecule has 29 heavy (non-hydrogen) atoms. The fourth-order valence-corrected chi connectivity index (χ4v) is 4.17. The van der Waals surface area contributed by atoms with Crippen molar-refractivity contribution >= 4 is 57.4 Å². The highest BCUT2D eigenvalue weighted by Crippen LogP contribution is 2.27. The molecule has 6 nitrogen and oxygen atoms in total. The third-order valence-corrected chi connectivity index (χ3v) is 5.99. The maximum Gasteiger partial charge on any atom is 0.262 e. The molecule has 1 aromatic heterocycles. The normalized spacial score (nSPS) is 13.0. The first-order valence-corrected chi connectivity index (χ1v) is 10.1. The first-order valence-electron chi connectivity index (χ1n) is 8.56. The summed E-state index contributed by atoms with van der Waals surface area (Å²) in [5.74, 6) is -1.43. The van der Waals surface area contributed by atoms with Gasteiger partial charge in [0.15, 0.2) is 5.13 Å². The fraction of sp³-hybridized carbons (Fsp3) is 0.100. The number of hydrogen-bond acceptors (Lipinski definition) is 5. The molecular weight excluding hydrogens is 433 g/mol. The quantitative estimate of drug-likeness (QED) is 0.594. The Labute approximate surface area is 180 Å². The van der Waals surface area contributed by atoms with Crippen LogP contribution in [0.4, 0.5) is 5.13 Å². The molecule has 146 valence electrons. The van der Waals surface area contributed by atoms with Crippen molar-refractivity contribution in [1.82, 2.24) is 9.88 Å². The van der Waals surface area contributed by atoms with Crippen molar-refractivity contribution < 1.29 is 14.4 Å². The Hall–Kier alpha value is -2.74.